The van der Waals surface area contributed by atoms with E-state index in [1.807, 2.05) is 0 Å². The van der Waals surface area contributed by atoms with E-state index >= 15 is 0 Å². The lowest BCUT2D eigenvalue weighted by atomic mass is 10.0. The first-order valence-corrected chi connectivity index (χ1v) is 6.16. The van der Waals surface area contributed by atoms with Gasteiger partial charge in [0.05, 0.1) is 19.2 Å². The number of carbonyl (C=O) groups excluding carboxylic acids is 1. The summed E-state index contributed by atoms with van der Waals surface area (Å²) >= 11 is 5.76. The molecule has 0 spiro atoms. The van der Waals surface area contributed by atoms with E-state index in [0.717, 1.165) is 11.1 Å². The molecule has 0 radical (unpaired) electrons. The monoisotopic (exact) mass is 294 g/mol. The van der Waals surface area contributed by atoms with Gasteiger partial charge in [0, 0.05) is 0 Å². The van der Waals surface area contributed by atoms with E-state index in [9.17, 15) is 9.18 Å². The molecule has 0 saturated heterocycles. The van der Waals surface area contributed by atoms with Crippen LogP contribution in [0.2, 0.25) is 5.02 Å². The van der Waals surface area contributed by atoms with Gasteiger partial charge in [0.1, 0.15) is 17.1 Å². The van der Waals surface area contributed by atoms with Gasteiger partial charge in [-0.05, 0) is 35.4 Å². The van der Waals surface area contributed by atoms with E-state index in [1.54, 1.807) is 24.3 Å². The first-order valence-electron chi connectivity index (χ1n) is 5.78. The molecule has 0 aliphatic heterocycles. The summed E-state index contributed by atoms with van der Waals surface area (Å²) in [5.74, 6) is -0.575. The van der Waals surface area contributed by atoms with Crippen molar-refractivity contribution in [1.82, 2.24) is 0 Å². The molecule has 0 atom stereocenters. The fourth-order valence-electron chi connectivity index (χ4n) is 1.83. The van der Waals surface area contributed by atoms with Gasteiger partial charge in [-0.3, -0.25) is 0 Å². The SMILES string of the molecule is COC(=O)c1ccc(-c2ccc(F)c(Cl)c2)cc1OC. The Balaban J connectivity index is 2.48. The molecule has 0 amide bonds. The summed E-state index contributed by atoms with van der Waals surface area (Å²) < 4.78 is 23.0. The number of carbonyl (C=O) groups is 1. The van der Waals surface area contributed by atoms with Crippen molar-refractivity contribution in [1.29, 1.82) is 0 Å². The van der Waals surface area contributed by atoms with Gasteiger partial charge in [-0.25, -0.2) is 9.18 Å². The average Bonchev–Trinajstić information content (AvgIpc) is 2.48. The van der Waals surface area contributed by atoms with Crippen LogP contribution in [-0.4, -0.2) is 20.2 Å². The highest BCUT2D eigenvalue weighted by atomic mass is 35.5. The summed E-state index contributed by atoms with van der Waals surface area (Å²) in [5, 5.41) is 0.0403. The number of esters is 1. The fraction of sp³-hybridized carbons (Fsp3) is 0.133. The molecule has 0 fully saturated rings. The molecule has 0 bridgehead atoms. The second-order valence-electron chi connectivity index (χ2n) is 4.04. The van der Waals surface area contributed by atoms with Gasteiger partial charge in [0.15, 0.2) is 0 Å². The summed E-state index contributed by atoms with van der Waals surface area (Å²) in [6.07, 6.45) is 0. The molecule has 2 aromatic rings. The zero-order valence-electron chi connectivity index (χ0n) is 10.9. The molecule has 20 heavy (non-hydrogen) atoms. The molecular formula is C15H12ClFO3. The molecule has 0 aromatic heterocycles. The van der Waals surface area contributed by atoms with Crippen LogP contribution in [-0.2, 0) is 4.74 Å². The molecule has 0 aliphatic rings. The topological polar surface area (TPSA) is 35.5 Å². The minimum Gasteiger partial charge on any atom is -0.496 e. The largest absolute Gasteiger partial charge is 0.496 e. The molecule has 0 aliphatic carbocycles. The lowest BCUT2D eigenvalue weighted by Crippen LogP contribution is -2.04. The van der Waals surface area contributed by atoms with Crippen LogP contribution in [0.25, 0.3) is 11.1 Å². The second kappa shape index (κ2) is 5.92. The van der Waals surface area contributed by atoms with Crippen LogP contribution in [0.1, 0.15) is 10.4 Å². The maximum absolute atomic E-state index is 13.2. The van der Waals surface area contributed by atoms with Gasteiger partial charge in [0.25, 0.3) is 0 Å². The van der Waals surface area contributed by atoms with Crippen molar-refractivity contribution in [3.63, 3.8) is 0 Å². The molecular weight excluding hydrogens is 283 g/mol. The third-order valence-corrected chi connectivity index (χ3v) is 3.15. The number of benzene rings is 2. The quantitative estimate of drug-likeness (QED) is 0.804. The van der Waals surface area contributed by atoms with E-state index in [1.165, 1.54) is 26.4 Å². The van der Waals surface area contributed by atoms with Crippen LogP contribution in [0.4, 0.5) is 4.39 Å². The average molecular weight is 295 g/mol. The van der Waals surface area contributed by atoms with Crippen molar-refractivity contribution < 1.29 is 18.7 Å². The standard InChI is InChI=1S/C15H12ClFO3/c1-19-14-8-10(3-5-11(14)15(18)20-2)9-4-6-13(17)12(16)7-9/h3-8H,1-2H3. The first kappa shape index (κ1) is 14.3. The van der Waals surface area contributed by atoms with Crippen LogP contribution >= 0.6 is 11.6 Å². The molecule has 0 saturated carbocycles. The Labute approximate surface area is 120 Å². The highest BCUT2D eigenvalue weighted by Crippen LogP contribution is 2.30. The van der Waals surface area contributed by atoms with Crippen molar-refractivity contribution in [2.75, 3.05) is 14.2 Å². The van der Waals surface area contributed by atoms with Gasteiger partial charge in [-0.2, -0.15) is 0 Å². The van der Waals surface area contributed by atoms with Crippen LogP contribution < -0.4 is 4.74 Å². The summed E-state index contributed by atoms with van der Waals surface area (Å²) in [6.45, 7) is 0. The van der Waals surface area contributed by atoms with Crippen molar-refractivity contribution >= 4 is 17.6 Å². The van der Waals surface area contributed by atoms with Gasteiger partial charge >= 0.3 is 5.97 Å². The molecule has 2 aromatic carbocycles. The zero-order valence-corrected chi connectivity index (χ0v) is 11.7. The van der Waals surface area contributed by atoms with Gasteiger partial charge in [-0.1, -0.05) is 23.7 Å². The van der Waals surface area contributed by atoms with Crippen LogP contribution in [0.5, 0.6) is 5.75 Å². The molecule has 0 unspecified atom stereocenters. The zero-order chi connectivity index (χ0) is 14.7. The summed E-state index contributed by atoms with van der Waals surface area (Å²) in [4.78, 5) is 11.6. The van der Waals surface area contributed by atoms with E-state index in [2.05, 4.69) is 4.74 Å². The Morgan fingerprint density at radius 1 is 1.10 bits per heavy atom. The van der Waals surface area contributed by atoms with Gasteiger partial charge in [0.2, 0.25) is 0 Å². The minimum atomic E-state index is -0.481. The van der Waals surface area contributed by atoms with Crippen molar-refractivity contribution in [2.45, 2.75) is 0 Å². The van der Waals surface area contributed by atoms with Crippen LogP contribution in [0.15, 0.2) is 36.4 Å². The smallest absolute Gasteiger partial charge is 0.341 e. The Hall–Kier alpha value is -2.07. The highest BCUT2D eigenvalue weighted by molar-refractivity contribution is 6.31. The van der Waals surface area contributed by atoms with E-state index in [0.29, 0.717) is 11.3 Å². The molecule has 0 heterocycles. The number of hydrogen-bond donors (Lipinski definition) is 0. The normalized spacial score (nSPS) is 10.2. The van der Waals surface area contributed by atoms with Crippen molar-refractivity contribution in [2.24, 2.45) is 0 Å². The van der Waals surface area contributed by atoms with Gasteiger partial charge in [-0.15, -0.1) is 0 Å². The molecule has 3 nitrogen and oxygen atoms in total. The lowest BCUT2D eigenvalue weighted by Gasteiger charge is -2.10. The summed E-state index contributed by atoms with van der Waals surface area (Å²) in [7, 11) is 2.76. The lowest BCUT2D eigenvalue weighted by molar-refractivity contribution is 0.0597. The van der Waals surface area contributed by atoms with Crippen LogP contribution in [0, 0.1) is 5.82 Å². The number of methoxy groups -OCH3 is 2. The van der Waals surface area contributed by atoms with Crippen LogP contribution in [0.3, 0.4) is 0 Å². The van der Waals surface area contributed by atoms with Crippen molar-refractivity contribution in [3.05, 3.63) is 52.8 Å². The van der Waals surface area contributed by atoms with Gasteiger partial charge < -0.3 is 9.47 Å². The number of hydrogen-bond acceptors (Lipinski definition) is 3. The third-order valence-electron chi connectivity index (χ3n) is 2.86. The predicted molar refractivity (Wildman–Crippen MR) is 74.7 cm³/mol. The maximum atomic E-state index is 13.2. The van der Waals surface area contributed by atoms with Crippen molar-refractivity contribution in [3.8, 4) is 16.9 Å². The Bertz CT molecular complexity index is 656. The predicted octanol–water partition coefficient (Wildman–Crippen LogP) is 3.94. The summed E-state index contributed by atoms with van der Waals surface area (Å²) in [5.41, 5.74) is 1.81. The highest BCUT2D eigenvalue weighted by Gasteiger charge is 2.14. The second-order valence-corrected chi connectivity index (χ2v) is 4.44. The number of rotatable bonds is 3. The molecule has 5 heteroatoms. The molecule has 104 valence electrons. The fourth-order valence-corrected chi connectivity index (χ4v) is 2.01. The van der Waals surface area contributed by atoms with E-state index in [-0.39, 0.29) is 5.02 Å². The third kappa shape index (κ3) is 2.75. The number of halogens is 2. The minimum absolute atomic E-state index is 0.0403. The summed E-state index contributed by atoms with van der Waals surface area (Å²) in [6, 6.07) is 9.40. The van der Waals surface area contributed by atoms with E-state index < -0.39 is 11.8 Å². The Kier molecular flexibility index (Phi) is 4.25. The maximum Gasteiger partial charge on any atom is 0.341 e. The molecule has 2 rings (SSSR count). The molecule has 0 N–H and O–H groups in total. The van der Waals surface area contributed by atoms with E-state index in [4.69, 9.17) is 16.3 Å². The Morgan fingerprint density at radius 2 is 1.75 bits per heavy atom. The Morgan fingerprint density at radius 3 is 2.35 bits per heavy atom. The number of ether oxygens (including phenoxy) is 2. The first-order chi connectivity index (χ1) is 9.56.